The third-order valence-corrected chi connectivity index (χ3v) is 5.65. The number of hydrogen-bond acceptors (Lipinski definition) is 3. The zero-order valence-electron chi connectivity index (χ0n) is 14.2. The Morgan fingerprint density at radius 2 is 1.83 bits per heavy atom. The Labute approximate surface area is 144 Å². The van der Waals surface area contributed by atoms with E-state index in [0.29, 0.717) is 6.61 Å². The molecule has 24 heavy (non-hydrogen) atoms. The van der Waals surface area contributed by atoms with E-state index in [2.05, 4.69) is 16.3 Å². The third-order valence-electron chi connectivity index (χ3n) is 5.65. The Balaban J connectivity index is 1.27. The largest absolute Gasteiger partial charge is 0.491 e. The van der Waals surface area contributed by atoms with E-state index in [0.717, 1.165) is 44.4 Å². The van der Waals surface area contributed by atoms with Crippen molar-refractivity contribution in [1.82, 2.24) is 15.1 Å². The lowest BCUT2D eigenvalue weighted by Gasteiger charge is -2.38. The van der Waals surface area contributed by atoms with Crippen LogP contribution < -0.4 is 10.1 Å². The molecule has 4 rings (SSSR count). The van der Waals surface area contributed by atoms with Gasteiger partial charge in [0.1, 0.15) is 12.4 Å². The first-order valence-electron chi connectivity index (χ1n) is 9.30. The fraction of sp³-hybridized carbons (Fsp3) is 0.632. The fourth-order valence-electron chi connectivity index (χ4n) is 4.25. The van der Waals surface area contributed by atoms with Crippen molar-refractivity contribution in [3.8, 4) is 5.75 Å². The normalized spacial score (nSPS) is 25.2. The number of carbonyl (C=O) groups is 1. The molecule has 0 radical (unpaired) electrons. The van der Waals surface area contributed by atoms with Crippen LogP contribution >= 0.6 is 0 Å². The van der Waals surface area contributed by atoms with Crippen molar-refractivity contribution < 1.29 is 9.53 Å². The van der Waals surface area contributed by atoms with Gasteiger partial charge < -0.3 is 15.0 Å². The van der Waals surface area contributed by atoms with E-state index < -0.39 is 0 Å². The number of amides is 2. The molecule has 1 N–H and O–H groups in total. The van der Waals surface area contributed by atoms with Crippen LogP contribution in [0, 0.1) is 0 Å². The number of rotatable bonds is 2. The lowest BCUT2D eigenvalue weighted by Crippen LogP contribution is -2.56. The molecular formula is C19H27N3O2. The van der Waals surface area contributed by atoms with Gasteiger partial charge in [0.2, 0.25) is 0 Å². The third kappa shape index (κ3) is 3.36. The number of benzene rings is 1. The second kappa shape index (κ2) is 7.01. The Kier molecular flexibility index (Phi) is 4.60. The van der Waals surface area contributed by atoms with E-state index in [1.165, 1.54) is 31.2 Å². The molecular weight excluding hydrogens is 302 g/mol. The quantitative estimate of drug-likeness (QED) is 0.905. The number of ether oxygens (including phenoxy) is 1. The lowest BCUT2D eigenvalue weighted by atomic mass is 10.0. The van der Waals surface area contributed by atoms with Gasteiger partial charge in [-0.05, 0) is 30.9 Å². The maximum atomic E-state index is 12.5. The van der Waals surface area contributed by atoms with E-state index >= 15 is 0 Å². The number of hydrogen-bond donors (Lipinski definition) is 1. The molecule has 1 saturated heterocycles. The minimum atomic E-state index is 0.0639. The topological polar surface area (TPSA) is 44.8 Å². The van der Waals surface area contributed by atoms with Crippen molar-refractivity contribution >= 4 is 6.03 Å². The summed E-state index contributed by atoms with van der Waals surface area (Å²) in [7, 11) is 0. The van der Waals surface area contributed by atoms with Crippen molar-refractivity contribution in [3.63, 3.8) is 0 Å². The summed E-state index contributed by atoms with van der Waals surface area (Å²) in [5.74, 6) is 0.952. The van der Waals surface area contributed by atoms with Gasteiger partial charge in [0.25, 0.3) is 0 Å². The Bertz CT molecular complexity index is 578. The Morgan fingerprint density at radius 3 is 2.62 bits per heavy atom. The predicted molar refractivity (Wildman–Crippen MR) is 93.4 cm³/mol. The summed E-state index contributed by atoms with van der Waals surface area (Å²) in [5.41, 5.74) is 1.18. The van der Waals surface area contributed by atoms with Crippen LogP contribution in [0.15, 0.2) is 24.3 Å². The van der Waals surface area contributed by atoms with Crippen LogP contribution in [0.3, 0.4) is 0 Å². The zero-order valence-corrected chi connectivity index (χ0v) is 14.2. The summed E-state index contributed by atoms with van der Waals surface area (Å²) in [6, 6.07) is 8.98. The van der Waals surface area contributed by atoms with Crippen molar-refractivity contribution in [3.05, 3.63) is 29.8 Å². The molecule has 2 fully saturated rings. The Morgan fingerprint density at radius 1 is 1.08 bits per heavy atom. The van der Waals surface area contributed by atoms with Crippen molar-refractivity contribution in [2.24, 2.45) is 0 Å². The average Bonchev–Trinajstić information content (AvgIpc) is 3.16. The molecule has 0 aromatic heterocycles. The van der Waals surface area contributed by atoms with Gasteiger partial charge in [-0.2, -0.15) is 0 Å². The van der Waals surface area contributed by atoms with Gasteiger partial charge in [-0.1, -0.05) is 31.0 Å². The van der Waals surface area contributed by atoms with Crippen LogP contribution in [0.5, 0.6) is 5.75 Å². The minimum Gasteiger partial charge on any atom is -0.491 e. The summed E-state index contributed by atoms with van der Waals surface area (Å²) in [4.78, 5) is 17.1. The van der Waals surface area contributed by atoms with Crippen LogP contribution in [-0.2, 0) is 6.42 Å². The molecule has 2 heterocycles. The van der Waals surface area contributed by atoms with Gasteiger partial charge in [0.15, 0.2) is 0 Å². The summed E-state index contributed by atoms with van der Waals surface area (Å²) >= 11 is 0. The first-order chi connectivity index (χ1) is 11.8. The number of nitrogens with one attached hydrogen (secondary N) is 1. The van der Waals surface area contributed by atoms with E-state index in [4.69, 9.17) is 4.74 Å². The number of urea groups is 1. The molecule has 1 saturated carbocycles. The maximum absolute atomic E-state index is 12.5. The molecule has 2 aliphatic heterocycles. The first-order valence-corrected chi connectivity index (χ1v) is 9.30. The number of nitrogens with zero attached hydrogens (tertiary/aromatic N) is 2. The van der Waals surface area contributed by atoms with Crippen molar-refractivity contribution in [1.29, 1.82) is 0 Å². The van der Waals surface area contributed by atoms with Gasteiger partial charge in [-0.25, -0.2) is 4.79 Å². The average molecular weight is 329 g/mol. The van der Waals surface area contributed by atoms with Crippen LogP contribution in [0.25, 0.3) is 0 Å². The lowest BCUT2D eigenvalue weighted by molar-refractivity contribution is 0.106. The molecule has 1 atom stereocenters. The first kappa shape index (κ1) is 15.8. The minimum absolute atomic E-state index is 0.0639. The van der Waals surface area contributed by atoms with Crippen LogP contribution in [-0.4, -0.2) is 60.7 Å². The Hall–Kier alpha value is -1.75. The highest BCUT2D eigenvalue weighted by atomic mass is 16.5. The standard InChI is InChI=1S/C19H27N3O2/c23-19(20-16-13-15-5-1-4-8-18(15)24-14-16)22-11-9-21(10-12-22)17-6-2-3-7-17/h1,4-5,8,16-17H,2-3,6-7,9-14H2,(H,20,23). The van der Waals surface area contributed by atoms with Gasteiger partial charge in [-0.15, -0.1) is 0 Å². The molecule has 0 spiro atoms. The van der Waals surface area contributed by atoms with Crippen molar-refractivity contribution in [2.75, 3.05) is 32.8 Å². The second-order valence-corrected chi connectivity index (χ2v) is 7.23. The monoisotopic (exact) mass is 329 g/mol. The summed E-state index contributed by atoms with van der Waals surface area (Å²) in [5, 5.41) is 3.16. The molecule has 1 aliphatic carbocycles. The second-order valence-electron chi connectivity index (χ2n) is 7.23. The van der Waals surface area contributed by atoms with Gasteiger partial charge >= 0.3 is 6.03 Å². The molecule has 130 valence electrons. The molecule has 1 aromatic rings. The molecule has 5 nitrogen and oxygen atoms in total. The zero-order chi connectivity index (χ0) is 16.4. The highest BCUT2D eigenvalue weighted by Crippen LogP contribution is 2.25. The number of fused-ring (bicyclic) bond motifs is 1. The highest BCUT2D eigenvalue weighted by molar-refractivity contribution is 5.74. The van der Waals surface area contributed by atoms with E-state index in [1.54, 1.807) is 0 Å². The highest BCUT2D eigenvalue weighted by Gasteiger charge is 2.29. The number of carbonyl (C=O) groups excluding carboxylic acids is 1. The summed E-state index contributed by atoms with van der Waals surface area (Å²) < 4.78 is 5.77. The molecule has 2 amide bonds. The van der Waals surface area contributed by atoms with Gasteiger partial charge in [0.05, 0.1) is 6.04 Å². The predicted octanol–water partition coefficient (Wildman–Crippen LogP) is 2.26. The molecule has 5 heteroatoms. The summed E-state index contributed by atoms with van der Waals surface area (Å²) in [6.07, 6.45) is 6.27. The SMILES string of the molecule is O=C(NC1COc2ccccc2C1)N1CCN(C2CCCC2)CC1. The maximum Gasteiger partial charge on any atom is 0.317 e. The van der Waals surface area contributed by atoms with E-state index in [9.17, 15) is 4.79 Å². The number of para-hydroxylation sites is 1. The summed E-state index contributed by atoms with van der Waals surface area (Å²) in [6.45, 7) is 4.27. The van der Waals surface area contributed by atoms with E-state index in [1.807, 2.05) is 23.1 Å². The molecule has 1 unspecified atom stereocenters. The number of piperazine rings is 1. The fourth-order valence-corrected chi connectivity index (χ4v) is 4.25. The molecule has 1 aromatic carbocycles. The van der Waals surface area contributed by atoms with Crippen LogP contribution in [0.1, 0.15) is 31.2 Å². The van der Waals surface area contributed by atoms with Crippen LogP contribution in [0.2, 0.25) is 0 Å². The van der Waals surface area contributed by atoms with Gasteiger partial charge in [-0.3, -0.25) is 4.90 Å². The van der Waals surface area contributed by atoms with Crippen LogP contribution in [0.4, 0.5) is 4.79 Å². The molecule has 3 aliphatic rings. The van der Waals surface area contributed by atoms with Gasteiger partial charge in [0, 0.05) is 32.2 Å². The smallest absolute Gasteiger partial charge is 0.317 e. The van der Waals surface area contributed by atoms with Crippen molar-refractivity contribution in [2.45, 2.75) is 44.2 Å². The molecule has 0 bridgehead atoms. The van der Waals surface area contributed by atoms with E-state index in [-0.39, 0.29) is 12.1 Å².